The van der Waals surface area contributed by atoms with Crippen molar-refractivity contribution in [3.8, 4) is 5.75 Å². The molecule has 0 saturated heterocycles. The van der Waals surface area contributed by atoms with E-state index in [0.29, 0.717) is 0 Å². The van der Waals surface area contributed by atoms with Crippen LogP contribution in [-0.2, 0) is 0 Å². The summed E-state index contributed by atoms with van der Waals surface area (Å²) in [4.78, 5) is 0. The Hall–Kier alpha value is -1.16. The van der Waals surface area contributed by atoms with Gasteiger partial charge in [0.15, 0.2) is 11.6 Å². The smallest absolute Gasteiger partial charge is 0.165 e. The van der Waals surface area contributed by atoms with Gasteiger partial charge in [0, 0.05) is 6.54 Å². The number of nitrogens with two attached hydrogens (primary N) is 1. The van der Waals surface area contributed by atoms with Crippen molar-refractivity contribution < 1.29 is 13.5 Å². The number of hydrogen-bond donors (Lipinski definition) is 1. The molecule has 13 heavy (non-hydrogen) atoms. The van der Waals surface area contributed by atoms with Crippen molar-refractivity contribution in [3.63, 3.8) is 0 Å². The third-order valence-electron chi connectivity index (χ3n) is 1.74. The van der Waals surface area contributed by atoms with Gasteiger partial charge >= 0.3 is 0 Å². The number of ether oxygens (including phenoxy) is 1. The lowest BCUT2D eigenvalue weighted by atomic mass is 10.1. The third-order valence-corrected chi connectivity index (χ3v) is 1.74. The Morgan fingerprint density at radius 1 is 1.54 bits per heavy atom. The first-order valence-electron chi connectivity index (χ1n) is 3.86. The molecule has 2 nitrogen and oxygen atoms in total. The summed E-state index contributed by atoms with van der Waals surface area (Å²) in [6.45, 7) is -0.147. The van der Waals surface area contributed by atoms with E-state index in [-0.39, 0.29) is 17.9 Å². The number of hydrogen-bond acceptors (Lipinski definition) is 2. The SMILES string of the molecule is COc1ccc(C(F)CN)cc1F. The van der Waals surface area contributed by atoms with Crippen LogP contribution in [0.5, 0.6) is 5.75 Å². The summed E-state index contributed by atoms with van der Waals surface area (Å²) in [5, 5.41) is 0. The summed E-state index contributed by atoms with van der Waals surface area (Å²) in [5.41, 5.74) is 5.33. The predicted molar refractivity (Wildman–Crippen MR) is 45.9 cm³/mol. The van der Waals surface area contributed by atoms with Gasteiger partial charge in [-0.2, -0.15) is 0 Å². The summed E-state index contributed by atoms with van der Waals surface area (Å²) in [6.07, 6.45) is -1.32. The number of methoxy groups -OCH3 is 1. The van der Waals surface area contributed by atoms with Crippen LogP contribution >= 0.6 is 0 Å². The largest absolute Gasteiger partial charge is 0.494 e. The fourth-order valence-electron chi connectivity index (χ4n) is 1.01. The number of alkyl halides is 1. The fraction of sp³-hybridized carbons (Fsp3) is 0.333. The molecule has 0 saturated carbocycles. The lowest BCUT2D eigenvalue weighted by Gasteiger charge is -2.07. The molecule has 1 unspecified atom stereocenters. The molecule has 72 valence electrons. The highest BCUT2D eigenvalue weighted by Crippen LogP contribution is 2.22. The van der Waals surface area contributed by atoms with Crippen LogP contribution in [0.2, 0.25) is 0 Å². The second-order valence-electron chi connectivity index (χ2n) is 2.60. The van der Waals surface area contributed by atoms with E-state index >= 15 is 0 Å². The van der Waals surface area contributed by atoms with Gasteiger partial charge in [-0.3, -0.25) is 0 Å². The van der Waals surface area contributed by atoms with Gasteiger partial charge < -0.3 is 10.5 Å². The highest BCUT2D eigenvalue weighted by Gasteiger charge is 2.10. The van der Waals surface area contributed by atoms with E-state index in [1.165, 1.54) is 19.2 Å². The molecule has 1 aromatic carbocycles. The van der Waals surface area contributed by atoms with E-state index < -0.39 is 12.0 Å². The maximum Gasteiger partial charge on any atom is 0.165 e. The number of rotatable bonds is 3. The Balaban J connectivity index is 2.95. The Bertz CT molecular complexity index is 291. The molecule has 0 amide bonds. The van der Waals surface area contributed by atoms with Gasteiger partial charge in [-0.05, 0) is 17.7 Å². The first-order valence-corrected chi connectivity index (χ1v) is 3.86. The molecule has 1 aromatic rings. The van der Waals surface area contributed by atoms with Crippen LogP contribution < -0.4 is 10.5 Å². The first-order chi connectivity index (χ1) is 6.19. The standard InChI is InChI=1S/C9H11F2NO/c1-13-9-3-2-6(4-7(9)10)8(11)5-12/h2-4,8H,5,12H2,1H3. The van der Waals surface area contributed by atoms with Crippen LogP contribution in [0.4, 0.5) is 8.78 Å². The van der Waals surface area contributed by atoms with Gasteiger partial charge in [0.05, 0.1) is 7.11 Å². The Labute approximate surface area is 75.3 Å². The molecular formula is C9H11F2NO. The normalized spacial score (nSPS) is 12.6. The fourth-order valence-corrected chi connectivity index (χ4v) is 1.01. The number of benzene rings is 1. The highest BCUT2D eigenvalue weighted by molar-refractivity contribution is 5.30. The van der Waals surface area contributed by atoms with Gasteiger partial charge in [-0.25, -0.2) is 8.78 Å². The van der Waals surface area contributed by atoms with Crippen LogP contribution in [0, 0.1) is 5.82 Å². The Morgan fingerprint density at radius 3 is 2.69 bits per heavy atom. The van der Waals surface area contributed by atoms with Gasteiger partial charge in [0.25, 0.3) is 0 Å². The van der Waals surface area contributed by atoms with E-state index in [9.17, 15) is 8.78 Å². The zero-order valence-corrected chi connectivity index (χ0v) is 7.26. The minimum absolute atomic E-state index is 0.105. The van der Waals surface area contributed by atoms with E-state index in [0.717, 1.165) is 6.07 Å². The zero-order chi connectivity index (χ0) is 9.84. The molecule has 0 aliphatic heterocycles. The average Bonchev–Trinajstić information content (AvgIpc) is 2.16. The summed E-state index contributed by atoms with van der Waals surface area (Å²) in [5.74, 6) is -0.468. The van der Waals surface area contributed by atoms with Gasteiger partial charge in [0.1, 0.15) is 6.17 Å². The van der Waals surface area contributed by atoms with E-state index in [1.54, 1.807) is 0 Å². The molecule has 4 heteroatoms. The van der Waals surface area contributed by atoms with Gasteiger partial charge in [-0.15, -0.1) is 0 Å². The maximum absolute atomic E-state index is 13.0. The molecule has 2 N–H and O–H groups in total. The summed E-state index contributed by atoms with van der Waals surface area (Å²) in [6, 6.07) is 3.93. The molecule has 0 fully saturated rings. The highest BCUT2D eigenvalue weighted by atomic mass is 19.1. The molecule has 0 radical (unpaired) electrons. The molecule has 0 bridgehead atoms. The van der Waals surface area contributed by atoms with Crippen molar-refractivity contribution in [1.29, 1.82) is 0 Å². The Kier molecular flexibility index (Phi) is 3.19. The minimum Gasteiger partial charge on any atom is -0.494 e. The van der Waals surface area contributed by atoms with E-state index in [4.69, 9.17) is 5.73 Å². The van der Waals surface area contributed by atoms with E-state index in [2.05, 4.69) is 4.74 Å². The average molecular weight is 187 g/mol. The van der Waals surface area contributed by atoms with Crippen molar-refractivity contribution in [2.24, 2.45) is 5.73 Å². The monoisotopic (exact) mass is 187 g/mol. The van der Waals surface area contributed by atoms with Crippen LogP contribution in [0.1, 0.15) is 11.7 Å². The number of halogens is 2. The Morgan fingerprint density at radius 2 is 2.23 bits per heavy atom. The van der Waals surface area contributed by atoms with Crippen LogP contribution in [-0.4, -0.2) is 13.7 Å². The van der Waals surface area contributed by atoms with Crippen molar-refractivity contribution in [1.82, 2.24) is 0 Å². The first kappa shape index (κ1) is 9.92. The van der Waals surface area contributed by atoms with Gasteiger partial charge in [-0.1, -0.05) is 6.07 Å². The maximum atomic E-state index is 13.0. The summed E-state index contributed by atoms with van der Waals surface area (Å²) in [7, 11) is 1.36. The lowest BCUT2D eigenvalue weighted by Crippen LogP contribution is -2.07. The minimum atomic E-state index is -1.32. The summed E-state index contributed by atoms with van der Waals surface area (Å²) >= 11 is 0. The van der Waals surface area contributed by atoms with Gasteiger partial charge in [0.2, 0.25) is 0 Å². The second kappa shape index (κ2) is 4.18. The molecule has 0 aromatic heterocycles. The lowest BCUT2D eigenvalue weighted by molar-refractivity contribution is 0.348. The van der Waals surface area contributed by atoms with Crippen molar-refractivity contribution >= 4 is 0 Å². The van der Waals surface area contributed by atoms with Crippen LogP contribution in [0.25, 0.3) is 0 Å². The quantitative estimate of drug-likeness (QED) is 0.783. The third kappa shape index (κ3) is 2.15. The molecule has 0 heterocycles. The topological polar surface area (TPSA) is 35.2 Å². The van der Waals surface area contributed by atoms with Crippen LogP contribution in [0.15, 0.2) is 18.2 Å². The summed E-state index contributed by atoms with van der Waals surface area (Å²) < 4.78 is 30.6. The predicted octanol–water partition coefficient (Wildman–Crippen LogP) is 1.80. The molecular weight excluding hydrogens is 176 g/mol. The molecule has 1 rings (SSSR count). The van der Waals surface area contributed by atoms with Crippen molar-refractivity contribution in [3.05, 3.63) is 29.6 Å². The zero-order valence-electron chi connectivity index (χ0n) is 7.26. The van der Waals surface area contributed by atoms with Crippen LogP contribution in [0.3, 0.4) is 0 Å². The van der Waals surface area contributed by atoms with Crippen molar-refractivity contribution in [2.45, 2.75) is 6.17 Å². The second-order valence-corrected chi connectivity index (χ2v) is 2.60. The molecule has 1 atom stereocenters. The molecule has 0 aliphatic carbocycles. The molecule has 0 spiro atoms. The van der Waals surface area contributed by atoms with E-state index in [1.807, 2.05) is 0 Å². The van der Waals surface area contributed by atoms with Crippen molar-refractivity contribution in [2.75, 3.05) is 13.7 Å². The molecule has 0 aliphatic rings.